The molecular weight excluding hydrogens is 250 g/mol. The van der Waals surface area contributed by atoms with Gasteiger partial charge in [0.25, 0.3) is 5.56 Å². The molecule has 0 saturated carbocycles. The van der Waals surface area contributed by atoms with Crippen LogP contribution in [0.4, 0.5) is 0 Å². The van der Waals surface area contributed by atoms with E-state index in [4.69, 9.17) is 0 Å². The number of aromatic amines is 1. The zero-order valence-corrected chi connectivity index (χ0v) is 13.0. The standard InChI is InChI=1S/C16H25N3O/c1-5-6-7-8-9-13(4)19-15-14(16(20)18-19)11(2)10-12(3)17-15/h10,13H,5-9H2,1-4H3,(H,18,20)/t13-/m0/s1. The highest BCUT2D eigenvalue weighted by Gasteiger charge is 2.15. The Balaban J connectivity index is 2.28. The number of fused-ring (bicyclic) bond motifs is 1. The second-order valence-electron chi connectivity index (χ2n) is 5.79. The van der Waals surface area contributed by atoms with Crippen LogP contribution in [0.15, 0.2) is 10.9 Å². The average molecular weight is 275 g/mol. The van der Waals surface area contributed by atoms with Crippen molar-refractivity contribution in [1.82, 2.24) is 14.8 Å². The van der Waals surface area contributed by atoms with E-state index in [1.807, 2.05) is 24.6 Å². The summed E-state index contributed by atoms with van der Waals surface area (Å²) in [5.41, 5.74) is 2.74. The van der Waals surface area contributed by atoms with Gasteiger partial charge >= 0.3 is 0 Å². The van der Waals surface area contributed by atoms with Gasteiger partial charge in [-0.15, -0.1) is 0 Å². The molecule has 1 N–H and O–H groups in total. The van der Waals surface area contributed by atoms with Crippen LogP contribution in [-0.4, -0.2) is 14.8 Å². The minimum Gasteiger partial charge on any atom is -0.267 e. The lowest BCUT2D eigenvalue weighted by atomic mass is 10.1. The molecule has 1 atom stereocenters. The molecule has 4 heteroatoms. The molecule has 4 nitrogen and oxygen atoms in total. The van der Waals surface area contributed by atoms with E-state index < -0.39 is 0 Å². The van der Waals surface area contributed by atoms with Crippen molar-refractivity contribution in [3.05, 3.63) is 27.7 Å². The van der Waals surface area contributed by atoms with Crippen molar-refractivity contribution in [2.45, 2.75) is 65.8 Å². The highest BCUT2D eigenvalue weighted by molar-refractivity contribution is 5.78. The summed E-state index contributed by atoms with van der Waals surface area (Å²) in [6.07, 6.45) is 6.06. The molecule has 2 rings (SSSR count). The molecule has 2 heterocycles. The maximum absolute atomic E-state index is 12.1. The Bertz CT molecular complexity index is 639. The molecule has 0 aromatic carbocycles. The van der Waals surface area contributed by atoms with Crippen LogP contribution in [0.5, 0.6) is 0 Å². The Kier molecular flexibility index (Phi) is 4.63. The number of hydrogen-bond acceptors (Lipinski definition) is 2. The van der Waals surface area contributed by atoms with E-state index in [1.165, 1.54) is 25.7 Å². The van der Waals surface area contributed by atoms with Crippen LogP contribution in [0.25, 0.3) is 11.0 Å². The molecule has 0 aliphatic heterocycles. The first-order chi connectivity index (χ1) is 9.54. The Morgan fingerprint density at radius 2 is 2.05 bits per heavy atom. The summed E-state index contributed by atoms with van der Waals surface area (Å²) in [4.78, 5) is 16.7. The van der Waals surface area contributed by atoms with E-state index in [0.29, 0.717) is 0 Å². The van der Waals surface area contributed by atoms with Crippen molar-refractivity contribution in [1.29, 1.82) is 0 Å². The van der Waals surface area contributed by atoms with Crippen molar-refractivity contribution in [3.8, 4) is 0 Å². The Morgan fingerprint density at radius 1 is 1.30 bits per heavy atom. The first kappa shape index (κ1) is 14.8. The smallest absolute Gasteiger partial charge is 0.267 e. The van der Waals surface area contributed by atoms with E-state index in [2.05, 4.69) is 23.9 Å². The van der Waals surface area contributed by atoms with Gasteiger partial charge in [0.05, 0.1) is 5.39 Å². The summed E-state index contributed by atoms with van der Waals surface area (Å²) in [6.45, 7) is 8.32. The average Bonchev–Trinajstić information content (AvgIpc) is 2.71. The number of nitrogens with one attached hydrogen (secondary N) is 1. The van der Waals surface area contributed by atoms with Gasteiger partial charge in [0.15, 0.2) is 5.65 Å². The summed E-state index contributed by atoms with van der Waals surface area (Å²) >= 11 is 0. The molecule has 0 bridgehead atoms. The summed E-state index contributed by atoms with van der Waals surface area (Å²) in [5.74, 6) is 0. The van der Waals surface area contributed by atoms with Crippen molar-refractivity contribution in [2.75, 3.05) is 0 Å². The number of nitrogens with zero attached hydrogens (tertiary/aromatic N) is 2. The SMILES string of the molecule is CCCCCC[C@H](C)n1[nH]c(=O)c2c(C)cc(C)nc21. The number of aromatic nitrogens is 3. The number of H-pyrrole nitrogens is 1. The molecule has 0 fully saturated rings. The molecule has 0 saturated heterocycles. The monoisotopic (exact) mass is 275 g/mol. The van der Waals surface area contributed by atoms with E-state index >= 15 is 0 Å². The third kappa shape index (κ3) is 2.94. The fourth-order valence-electron chi connectivity index (χ4n) is 2.80. The normalized spacial score (nSPS) is 13.0. The van der Waals surface area contributed by atoms with Crippen molar-refractivity contribution >= 4 is 11.0 Å². The first-order valence-electron chi connectivity index (χ1n) is 7.63. The molecule has 0 aliphatic carbocycles. The van der Waals surface area contributed by atoms with Gasteiger partial charge in [-0.1, -0.05) is 32.6 Å². The molecule has 0 spiro atoms. The van der Waals surface area contributed by atoms with Crippen LogP contribution in [0.1, 0.15) is 63.3 Å². The molecule has 0 radical (unpaired) electrons. The van der Waals surface area contributed by atoms with Crippen molar-refractivity contribution in [3.63, 3.8) is 0 Å². The number of rotatable bonds is 6. The fourth-order valence-corrected chi connectivity index (χ4v) is 2.80. The largest absolute Gasteiger partial charge is 0.273 e. The van der Waals surface area contributed by atoms with E-state index in [-0.39, 0.29) is 11.6 Å². The lowest BCUT2D eigenvalue weighted by molar-refractivity contribution is 0.442. The van der Waals surface area contributed by atoms with Gasteiger partial charge in [-0.2, -0.15) is 0 Å². The summed E-state index contributed by atoms with van der Waals surface area (Å²) < 4.78 is 1.95. The minimum absolute atomic E-state index is 0.0228. The Labute approximate surface area is 120 Å². The second-order valence-corrected chi connectivity index (χ2v) is 5.79. The van der Waals surface area contributed by atoms with E-state index in [0.717, 1.165) is 28.7 Å². The predicted molar refractivity (Wildman–Crippen MR) is 83.3 cm³/mol. The maximum Gasteiger partial charge on any atom is 0.273 e. The number of unbranched alkanes of at least 4 members (excludes halogenated alkanes) is 3. The zero-order chi connectivity index (χ0) is 14.7. The number of hydrogen-bond donors (Lipinski definition) is 1. The molecule has 20 heavy (non-hydrogen) atoms. The molecule has 2 aromatic rings. The fraction of sp³-hybridized carbons (Fsp3) is 0.625. The van der Waals surface area contributed by atoms with Gasteiger partial charge in [0, 0.05) is 11.7 Å². The first-order valence-corrected chi connectivity index (χ1v) is 7.63. The Morgan fingerprint density at radius 3 is 2.75 bits per heavy atom. The third-order valence-corrected chi connectivity index (χ3v) is 3.92. The van der Waals surface area contributed by atoms with Gasteiger partial charge in [0.2, 0.25) is 0 Å². The van der Waals surface area contributed by atoms with E-state index in [9.17, 15) is 4.79 Å². The van der Waals surface area contributed by atoms with Gasteiger partial charge in [-0.05, 0) is 38.8 Å². The molecular formula is C16H25N3O. The van der Waals surface area contributed by atoms with Crippen LogP contribution in [0.2, 0.25) is 0 Å². The van der Waals surface area contributed by atoms with Gasteiger partial charge < -0.3 is 0 Å². The van der Waals surface area contributed by atoms with Gasteiger partial charge in [0.1, 0.15) is 0 Å². The van der Waals surface area contributed by atoms with Crippen LogP contribution in [-0.2, 0) is 0 Å². The summed E-state index contributed by atoms with van der Waals surface area (Å²) in [7, 11) is 0. The molecule has 0 amide bonds. The van der Waals surface area contributed by atoms with Crippen LogP contribution < -0.4 is 5.56 Å². The number of aryl methyl sites for hydroxylation is 2. The van der Waals surface area contributed by atoms with Crippen LogP contribution in [0, 0.1) is 13.8 Å². The van der Waals surface area contributed by atoms with Gasteiger partial charge in [-0.3, -0.25) is 14.6 Å². The molecule has 2 aromatic heterocycles. The van der Waals surface area contributed by atoms with Crippen LogP contribution in [0.3, 0.4) is 0 Å². The summed E-state index contributed by atoms with van der Waals surface area (Å²) in [5, 5.41) is 3.69. The van der Waals surface area contributed by atoms with Crippen molar-refractivity contribution in [2.24, 2.45) is 0 Å². The Hall–Kier alpha value is -1.58. The predicted octanol–water partition coefficient (Wildman–Crippen LogP) is 3.87. The van der Waals surface area contributed by atoms with Crippen LogP contribution >= 0.6 is 0 Å². The molecule has 110 valence electrons. The highest BCUT2D eigenvalue weighted by atomic mass is 16.1. The topological polar surface area (TPSA) is 50.7 Å². The third-order valence-electron chi connectivity index (χ3n) is 3.92. The molecule has 0 unspecified atom stereocenters. The van der Waals surface area contributed by atoms with Gasteiger partial charge in [-0.25, -0.2) is 4.98 Å². The van der Waals surface area contributed by atoms with Crippen molar-refractivity contribution < 1.29 is 0 Å². The lowest BCUT2D eigenvalue weighted by Gasteiger charge is -2.14. The maximum atomic E-state index is 12.1. The molecule has 0 aliphatic rings. The zero-order valence-electron chi connectivity index (χ0n) is 13.0. The van der Waals surface area contributed by atoms with E-state index in [1.54, 1.807) is 0 Å². The lowest BCUT2D eigenvalue weighted by Crippen LogP contribution is -2.11. The summed E-state index contributed by atoms with van der Waals surface area (Å²) in [6, 6.07) is 2.25. The number of pyridine rings is 1. The quantitative estimate of drug-likeness (QED) is 0.813. The minimum atomic E-state index is -0.0228. The highest BCUT2D eigenvalue weighted by Crippen LogP contribution is 2.20. The second kappa shape index (κ2) is 6.25.